The van der Waals surface area contributed by atoms with E-state index in [2.05, 4.69) is 0 Å². The monoisotopic (exact) mass is 246 g/mol. The summed E-state index contributed by atoms with van der Waals surface area (Å²) in [6.07, 6.45) is 0.551. The van der Waals surface area contributed by atoms with Gasteiger partial charge in [-0.25, -0.2) is 4.39 Å². The number of benzene rings is 2. The van der Waals surface area contributed by atoms with Crippen LogP contribution >= 0.6 is 0 Å². The minimum Gasteiger partial charge on any atom is -0.508 e. The van der Waals surface area contributed by atoms with Gasteiger partial charge in [0.25, 0.3) is 0 Å². The predicted octanol–water partition coefficient (Wildman–Crippen LogP) is 2.92. The molecule has 0 amide bonds. The molecule has 0 fully saturated rings. The minimum atomic E-state index is -0.478. The van der Waals surface area contributed by atoms with Gasteiger partial charge in [0.05, 0.1) is 5.56 Å². The Hall–Kier alpha value is -2.36. The maximum Gasteiger partial charge on any atom is 0.153 e. The second-order valence-electron chi connectivity index (χ2n) is 3.76. The molecule has 0 aliphatic rings. The molecule has 4 heteroatoms. The topological polar surface area (TPSA) is 46.5 Å². The molecule has 0 atom stereocenters. The zero-order chi connectivity index (χ0) is 13.0. The van der Waals surface area contributed by atoms with Crippen molar-refractivity contribution in [1.29, 1.82) is 0 Å². The Labute approximate surface area is 103 Å². The van der Waals surface area contributed by atoms with Crippen molar-refractivity contribution in [3.63, 3.8) is 0 Å². The van der Waals surface area contributed by atoms with Crippen LogP contribution < -0.4 is 4.74 Å². The van der Waals surface area contributed by atoms with E-state index in [1.165, 1.54) is 12.1 Å². The number of ether oxygens (including phenoxy) is 1. The number of aromatic hydroxyl groups is 1. The lowest BCUT2D eigenvalue weighted by Crippen LogP contribution is -1.98. The number of carbonyl (C=O) groups is 1. The van der Waals surface area contributed by atoms with Gasteiger partial charge >= 0.3 is 0 Å². The Morgan fingerprint density at radius 1 is 1.17 bits per heavy atom. The van der Waals surface area contributed by atoms with Gasteiger partial charge in [0.2, 0.25) is 0 Å². The molecule has 2 aromatic rings. The summed E-state index contributed by atoms with van der Waals surface area (Å²) in [5.41, 5.74) is 1.02. The minimum absolute atomic E-state index is 0.175. The normalized spacial score (nSPS) is 10.1. The van der Waals surface area contributed by atoms with Crippen molar-refractivity contribution in [3.05, 3.63) is 59.4 Å². The van der Waals surface area contributed by atoms with Crippen molar-refractivity contribution < 1.29 is 19.0 Å². The largest absolute Gasteiger partial charge is 0.508 e. The van der Waals surface area contributed by atoms with Gasteiger partial charge in [-0.2, -0.15) is 0 Å². The van der Waals surface area contributed by atoms with E-state index in [1.54, 1.807) is 24.3 Å². The van der Waals surface area contributed by atoms with Gasteiger partial charge in [-0.05, 0) is 35.9 Å². The van der Waals surface area contributed by atoms with Gasteiger partial charge in [0, 0.05) is 0 Å². The highest BCUT2D eigenvalue weighted by Gasteiger charge is 2.05. The fourth-order valence-electron chi connectivity index (χ4n) is 1.50. The lowest BCUT2D eigenvalue weighted by atomic mass is 10.2. The standard InChI is InChI=1S/C14H11FO3/c15-12-3-6-14(11(7-12)8-16)18-9-10-1-4-13(17)5-2-10/h1-8,17H,9H2. The van der Waals surface area contributed by atoms with Crippen LogP contribution in [0.4, 0.5) is 4.39 Å². The third-order valence-corrected chi connectivity index (χ3v) is 2.43. The van der Waals surface area contributed by atoms with E-state index in [-0.39, 0.29) is 17.9 Å². The van der Waals surface area contributed by atoms with Crippen LogP contribution in [-0.4, -0.2) is 11.4 Å². The molecule has 2 rings (SSSR count). The van der Waals surface area contributed by atoms with E-state index in [1.807, 2.05) is 0 Å². The zero-order valence-corrected chi connectivity index (χ0v) is 9.47. The second-order valence-corrected chi connectivity index (χ2v) is 3.76. The molecule has 2 aromatic carbocycles. The number of hydrogen-bond donors (Lipinski definition) is 1. The second kappa shape index (κ2) is 5.31. The fourth-order valence-corrected chi connectivity index (χ4v) is 1.50. The maximum atomic E-state index is 12.9. The highest BCUT2D eigenvalue weighted by atomic mass is 19.1. The quantitative estimate of drug-likeness (QED) is 0.844. The molecule has 92 valence electrons. The molecule has 0 saturated carbocycles. The van der Waals surface area contributed by atoms with Gasteiger partial charge in [0.1, 0.15) is 23.9 Å². The summed E-state index contributed by atoms with van der Waals surface area (Å²) < 4.78 is 18.3. The zero-order valence-electron chi connectivity index (χ0n) is 9.47. The highest BCUT2D eigenvalue weighted by molar-refractivity contribution is 5.79. The van der Waals surface area contributed by atoms with Crippen molar-refractivity contribution in [2.24, 2.45) is 0 Å². The molecule has 1 N–H and O–H groups in total. The van der Waals surface area contributed by atoms with Gasteiger partial charge in [-0.15, -0.1) is 0 Å². The molecule has 0 bridgehead atoms. The number of hydrogen-bond acceptors (Lipinski definition) is 3. The summed E-state index contributed by atoms with van der Waals surface area (Å²) in [5, 5.41) is 9.13. The van der Waals surface area contributed by atoms with E-state index < -0.39 is 5.82 Å². The molecule has 0 aliphatic heterocycles. The molecule has 0 aromatic heterocycles. The van der Waals surface area contributed by atoms with Gasteiger partial charge in [-0.3, -0.25) is 4.79 Å². The van der Waals surface area contributed by atoms with E-state index in [0.29, 0.717) is 12.0 Å². The molecule has 0 saturated heterocycles. The van der Waals surface area contributed by atoms with Crippen molar-refractivity contribution in [2.75, 3.05) is 0 Å². The fraction of sp³-hybridized carbons (Fsp3) is 0.0714. The average Bonchev–Trinajstić information content (AvgIpc) is 2.39. The third-order valence-electron chi connectivity index (χ3n) is 2.43. The Balaban J connectivity index is 2.10. The van der Waals surface area contributed by atoms with Gasteiger partial charge in [0.15, 0.2) is 6.29 Å². The summed E-state index contributed by atoms with van der Waals surface area (Å²) >= 11 is 0. The Morgan fingerprint density at radius 3 is 2.56 bits per heavy atom. The van der Waals surface area contributed by atoms with E-state index in [0.717, 1.165) is 11.6 Å². The molecule has 0 heterocycles. The Bertz CT molecular complexity index is 549. The number of phenolic OH excluding ortho intramolecular Hbond substituents is 1. The van der Waals surface area contributed by atoms with Crippen LogP contribution in [0.3, 0.4) is 0 Å². The van der Waals surface area contributed by atoms with Crippen molar-refractivity contribution >= 4 is 6.29 Å². The van der Waals surface area contributed by atoms with Crippen LogP contribution in [0.25, 0.3) is 0 Å². The summed E-state index contributed by atoms with van der Waals surface area (Å²) in [6.45, 7) is 0.243. The molecular weight excluding hydrogens is 235 g/mol. The summed E-state index contributed by atoms with van der Waals surface area (Å²) in [4.78, 5) is 10.8. The smallest absolute Gasteiger partial charge is 0.153 e. The highest BCUT2D eigenvalue weighted by Crippen LogP contribution is 2.19. The molecule has 0 spiro atoms. The van der Waals surface area contributed by atoms with Crippen molar-refractivity contribution in [3.8, 4) is 11.5 Å². The first-order valence-electron chi connectivity index (χ1n) is 5.34. The summed E-state index contributed by atoms with van der Waals surface area (Å²) in [5.74, 6) is 0.0303. The molecular formula is C14H11FO3. The number of aldehydes is 1. The van der Waals surface area contributed by atoms with Crippen molar-refractivity contribution in [2.45, 2.75) is 6.61 Å². The Kier molecular flexibility index (Phi) is 3.57. The molecule has 18 heavy (non-hydrogen) atoms. The van der Waals surface area contributed by atoms with Gasteiger partial charge < -0.3 is 9.84 Å². The molecule has 3 nitrogen and oxygen atoms in total. The lowest BCUT2D eigenvalue weighted by molar-refractivity contribution is 0.111. The number of rotatable bonds is 4. The number of carbonyl (C=O) groups excluding carboxylic acids is 1. The summed E-state index contributed by atoms with van der Waals surface area (Å²) in [7, 11) is 0. The third kappa shape index (κ3) is 2.85. The maximum absolute atomic E-state index is 12.9. The van der Waals surface area contributed by atoms with E-state index >= 15 is 0 Å². The van der Waals surface area contributed by atoms with Crippen LogP contribution in [0.2, 0.25) is 0 Å². The van der Waals surface area contributed by atoms with Crippen molar-refractivity contribution in [1.82, 2.24) is 0 Å². The number of halogens is 1. The molecule has 0 radical (unpaired) electrons. The van der Waals surface area contributed by atoms with E-state index in [4.69, 9.17) is 9.84 Å². The average molecular weight is 246 g/mol. The van der Waals surface area contributed by atoms with E-state index in [9.17, 15) is 9.18 Å². The SMILES string of the molecule is O=Cc1cc(F)ccc1OCc1ccc(O)cc1. The van der Waals surface area contributed by atoms with Crippen LogP contribution in [0, 0.1) is 5.82 Å². The van der Waals surface area contributed by atoms with Crippen LogP contribution in [0.1, 0.15) is 15.9 Å². The predicted molar refractivity (Wildman–Crippen MR) is 64.2 cm³/mol. The lowest BCUT2D eigenvalue weighted by Gasteiger charge is -2.08. The van der Waals surface area contributed by atoms with Gasteiger partial charge in [-0.1, -0.05) is 12.1 Å². The first-order valence-corrected chi connectivity index (χ1v) is 5.34. The molecule has 0 unspecified atom stereocenters. The summed E-state index contributed by atoms with van der Waals surface area (Å²) in [6, 6.07) is 10.3. The van der Waals surface area contributed by atoms with Crippen LogP contribution in [0.5, 0.6) is 11.5 Å². The van der Waals surface area contributed by atoms with Crippen LogP contribution in [0.15, 0.2) is 42.5 Å². The Morgan fingerprint density at radius 2 is 1.89 bits per heavy atom. The first-order chi connectivity index (χ1) is 8.69. The first kappa shape index (κ1) is 12.1. The van der Waals surface area contributed by atoms with Crippen LogP contribution in [-0.2, 0) is 6.61 Å². The number of phenols is 1. The molecule has 0 aliphatic carbocycles.